The van der Waals surface area contributed by atoms with Gasteiger partial charge >= 0.3 is 0 Å². The molecule has 0 fully saturated rings. The molecule has 0 heterocycles. The lowest BCUT2D eigenvalue weighted by Crippen LogP contribution is -2.38. The van der Waals surface area contributed by atoms with E-state index in [9.17, 15) is 4.79 Å². The molecule has 2 unspecified atom stereocenters. The lowest BCUT2D eigenvalue weighted by Gasteiger charge is -2.29. The van der Waals surface area contributed by atoms with Crippen LogP contribution in [0.15, 0.2) is 30.3 Å². The molecule has 0 aliphatic heterocycles. The molecule has 2 atom stereocenters. The van der Waals surface area contributed by atoms with E-state index < -0.39 is 0 Å². The van der Waals surface area contributed by atoms with E-state index in [0.717, 1.165) is 12.0 Å². The minimum absolute atomic E-state index is 0.0730. The van der Waals surface area contributed by atoms with Crippen LogP contribution in [0, 0.1) is 11.8 Å². The van der Waals surface area contributed by atoms with Crippen LogP contribution in [0.5, 0.6) is 0 Å². The van der Waals surface area contributed by atoms with Crippen LogP contribution in [0.2, 0.25) is 0 Å². The van der Waals surface area contributed by atoms with Gasteiger partial charge in [-0.25, -0.2) is 0 Å². The number of benzene rings is 1. The van der Waals surface area contributed by atoms with Gasteiger partial charge < -0.3 is 10.6 Å². The summed E-state index contributed by atoms with van der Waals surface area (Å²) in [6, 6.07) is 10.2. The molecular weight excluding hydrogens is 236 g/mol. The third-order valence-corrected chi connectivity index (χ3v) is 3.60. The van der Waals surface area contributed by atoms with Crippen molar-refractivity contribution in [2.45, 2.75) is 33.2 Å². The first-order chi connectivity index (χ1) is 8.97. The second-order valence-electron chi connectivity index (χ2n) is 5.60. The fraction of sp³-hybridized carbons (Fsp3) is 0.562. The number of carbonyl (C=O) groups is 1. The SMILES string of the molecule is CC(C)CC(CN)C(=O)N(C)C(C)c1ccccc1. The monoisotopic (exact) mass is 262 g/mol. The molecule has 3 nitrogen and oxygen atoms in total. The number of amides is 1. The third kappa shape index (κ3) is 4.35. The fourth-order valence-corrected chi connectivity index (χ4v) is 2.30. The van der Waals surface area contributed by atoms with Crippen molar-refractivity contribution >= 4 is 5.91 Å². The van der Waals surface area contributed by atoms with Crippen molar-refractivity contribution in [3.63, 3.8) is 0 Å². The van der Waals surface area contributed by atoms with Gasteiger partial charge in [0.25, 0.3) is 0 Å². The highest BCUT2D eigenvalue weighted by Crippen LogP contribution is 2.22. The normalized spacial score (nSPS) is 14.2. The maximum absolute atomic E-state index is 12.5. The van der Waals surface area contributed by atoms with Gasteiger partial charge in [0.15, 0.2) is 0 Å². The number of hydrogen-bond donors (Lipinski definition) is 1. The Morgan fingerprint density at radius 1 is 1.21 bits per heavy atom. The van der Waals surface area contributed by atoms with Crippen molar-refractivity contribution < 1.29 is 4.79 Å². The smallest absolute Gasteiger partial charge is 0.227 e. The van der Waals surface area contributed by atoms with Crippen LogP contribution in [-0.4, -0.2) is 24.4 Å². The van der Waals surface area contributed by atoms with E-state index in [4.69, 9.17) is 5.73 Å². The summed E-state index contributed by atoms with van der Waals surface area (Å²) in [5, 5.41) is 0. The highest BCUT2D eigenvalue weighted by atomic mass is 16.2. The van der Waals surface area contributed by atoms with Crippen LogP contribution in [0.1, 0.15) is 38.8 Å². The van der Waals surface area contributed by atoms with Crippen LogP contribution in [-0.2, 0) is 4.79 Å². The highest BCUT2D eigenvalue weighted by Gasteiger charge is 2.25. The first-order valence-corrected chi connectivity index (χ1v) is 6.99. The van der Waals surface area contributed by atoms with Gasteiger partial charge in [-0.2, -0.15) is 0 Å². The molecule has 0 bridgehead atoms. The summed E-state index contributed by atoms with van der Waals surface area (Å²) in [4.78, 5) is 14.3. The number of nitrogens with zero attached hydrogens (tertiary/aromatic N) is 1. The summed E-state index contributed by atoms with van der Waals surface area (Å²) >= 11 is 0. The lowest BCUT2D eigenvalue weighted by molar-refractivity contribution is -0.136. The summed E-state index contributed by atoms with van der Waals surface area (Å²) in [6.45, 7) is 6.71. The average molecular weight is 262 g/mol. The van der Waals surface area contributed by atoms with Crippen molar-refractivity contribution in [1.82, 2.24) is 4.90 Å². The average Bonchev–Trinajstić information content (AvgIpc) is 2.43. The van der Waals surface area contributed by atoms with Gasteiger partial charge in [0.05, 0.1) is 12.0 Å². The molecule has 19 heavy (non-hydrogen) atoms. The van der Waals surface area contributed by atoms with E-state index in [2.05, 4.69) is 20.8 Å². The van der Waals surface area contributed by atoms with Gasteiger partial charge in [-0.3, -0.25) is 4.79 Å². The minimum atomic E-state index is -0.0730. The Hall–Kier alpha value is -1.35. The highest BCUT2D eigenvalue weighted by molar-refractivity contribution is 5.79. The Bertz CT molecular complexity index is 389. The topological polar surface area (TPSA) is 46.3 Å². The second kappa shape index (κ2) is 7.29. The molecule has 1 aromatic rings. The molecule has 0 aliphatic rings. The minimum Gasteiger partial charge on any atom is -0.339 e. The summed E-state index contributed by atoms with van der Waals surface area (Å²) in [6.07, 6.45) is 0.848. The zero-order chi connectivity index (χ0) is 14.4. The van der Waals surface area contributed by atoms with E-state index in [1.165, 1.54) is 0 Å². The van der Waals surface area contributed by atoms with Gasteiger partial charge in [0, 0.05) is 13.6 Å². The van der Waals surface area contributed by atoms with Crippen LogP contribution in [0.4, 0.5) is 0 Å². The van der Waals surface area contributed by atoms with Crippen molar-refractivity contribution in [3.05, 3.63) is 35.9 Å². The molecule has 1 aromatic carbocycles. The molecule has 0 aromatic heterocycles. The van der Waals surface area contributed by atoms with Crippen molar-refractivity contribution in [3.8, 4) is 0 Å². The molecular formula is C16H26N2O. The van der Waals surface area contributed by atoms with Gasteiger partial charge in [0.2, 0.25) is 5.91 Å². The molecule has 2 N–H and O–H groups in total. The van der Waals surface area contributed by atoms with Crippen molar-refractivity contribution in [1.29, 1.82) is 0 Å². The van der Waals surface area contributed by atoms with E-state index in [1.54, 1.807) is 0 Å². The Balaban J connectivity index is 2.75. The molecule has 106 valence electrons. The van der Waals surface area contributed by atoms with Gasteiger partial charge in [0.1, 0.15) is 0 Å². The second-order valence-corrected chi connectivity index (χ2v) is 5.60. The summed E-state index contributed by atoms with van der Waals surface area (Å²) in [7, 11) is 1.86. The zero-order valence-corrected chi connectivity index (χ0v) is 12.5. The van der Waals surface area contributed by atoms with E-state index in [-0.39, 0.29) is 17.9 Å². The summed E-state index contributed by atoms with van der Waals surface area (Å²) in [5.41, 5.74) is 6.90. The molecule has 1 amide bonds. The van der Waals surface area contributed by atoms with E-state index in [1.807, 2.05) is 42.3 Å². The molecule has 1 rings (SSSR count). The lowest BCUT2D eigenvalue weighted by atomic mass is 9.95. The maximum Gasteiger partial charge on any atom is 0.227 e. The zero-order valence-electron chi connectivity index (χ0n) is 12.5. The Kier molecular flexibility index (Phi) is 6.03. The predicted molar refractivity (Wildman–Crippen MR) is 79.6 cm³/mol. The summed E-state index contributed by atoms with van der Waals surface area (Å²) < 4.78 is 0. The standard InChI is InChI=1S/C16H26N2O/c1-12(2)10-15(11-17)16(19)18(4)13(3)14-8-6-5-7-9-14/h5-9,12-13,15H,10-11,17H2,1-4H3. The van der Waals surface area contributed by atoms with Gasteiger partial charge in [-0.15, -0.1) is 0 Å². The number of hydrogen-bond acceptors (Lipinski definition) is 2. The first-order valence-electron chi connectivity index (χ1n) is 6.99. The quantitative estimate of drug-likeness (QED) is 0.857. The Morgan fingerprint density at radius 2 is 1.79 bits per heavy atom. The Morgan fingerprint density at radius 3 is 2.26 bits per heavy atom. The van der Waals surface area contributed by atoms with Crippen LogP contribution in [0.3, 0.4) is 0 Å². The fourth-order valence-electron chi connectivity index (χ4n) is 2.30. The first kappa shape index (κ1) is 15.7. The van der Waals surface area contributed by atoms with Crippen LogP contribution >= 0.6 is 0 Å². The van der Waals surface area contributed by atoms with Crippen molar-refractivity contribution in [2.75, 3.05) is 13.6 Å². The number of nitrogens with two attached hydrogens (primary N) is 1. The molecule has 0 spiro atoms. The maximum atomic E-state index is 12.5. The van der Waals surface area contributed by atoms with Gasteiger partial charge in [-0.05, 0) is 24.8 Å². The van der Waals surface area contributed by atoms with Crippen LogP contribution in [0.25, 0.3) is 0 Å². The predicted octanol–water partition coefficient (Wildman–Crippen LogP) is 2.83. The summed E-state index contributed by atoms with van der Waals surface area (Å²) in [5.74, 6) is 0.557. The van der Waals surface area contributed by atoms with E-state index in [0.29, 0.717) is 12.5 Å². The number of rotatable bonds is 6. The molecule has 0 radical (unpaired) electrons. The largest absolute Gasteiger partial charge is 0.339 e. The molecule has 3 heteroatoms. The van der Waals surface area contributed by atoms with Crippen LogP contribution < -0.4 is 5.73 Å². The molecule has 0 aliphatic carbocycles. The van der Waals surface area contributed by atoms with Crippen molar-refractivity contribution in [2.24, 2.45) is 17.6 Å². The van der Waals surface area contributed by atoms with E-state index >= 15 is 0 Å². The molecule has 0 saturated heterocycles. The molecule has 0 saturated carbocycles. The van der Waals surface area contributed by atoms with Gasteiger partial charge in [-0.1, -0.05) is 44.2 Å². The number of carbonyl (C=O) groups excluding carboxylic acids is 1. The Labute approximate surface area is 116 Å². The third-order valence-electron chi connectivity index (χ3n) is 3.60.